The van der Waals surface area contributed by atoms with Gasteiger partial charge in [-0.15, -0.1) is 22.7 Å². The van der Waals surface area contributed by atoms with Gasteiger partial charge in [-0.1, -0.05) is 15.9 Å². The molecule has 1 N–H and O–H groups in total. The Kier molecular flexibility index (Phi) is 8.75. The minimum Gasteiger partial charge on any atom is -0.379 e. The number of halogens is 1. The third-order valence-electron chi connectivity index (χ3n) is 5.07. The Balaban J connectivity index is 0.000000124. The largest absolute Gasteiger partial charge is 0.379 e. The second-order valence-corrected chi connectivity index (χ2v) is 10.0. The number of benzene rings is 2. The zero-order chi connectivity index (χ0) is 21.3. The normalized spacial score (nSPS) is 16.4. The van der Waals surface area contributed by atoms with Gasteiger partial charge in [0.05, 0.1) is 26.4 Å². The molecule has 4 nitrogen and oxygen atoms in total. The number of hydrogen-bond donors (Lipinski definition) is 1. The first-order valence-electron chi connectivity index (χ1n) is 10.5. The topological polar surface area (TPSA) is 33.7 Å². The Hall–Kier alpha value is -1.48. The SMILES string of the molecule is Brc1ccc2sccc2c1.C1COCCN1.c1cc2cc(N3CCOCC3)ccc2s1. The molecule has 0 saturated carbocycles. The molecule has 7 heteroatoms. The number of rotatable bonds is 1. The van der Waals surface area contributed by atoms with Gasteiger partial charge in [-0.05, 0) is 70.1 Å². The van der Waals surface area contributed by atoms with E-state index in [9.17, 15) is 0 Å². The van der Waals surface area contributed by atoms with Crippen LogP contribution in [0.15, 0.2) is 63.8 Å². The van der Waals surface area contributed by atoms with Crippen molar-refractivity contribution in [3.8, 4) is 0 Å². The fourth-order valence-corrected chi connectivity index (χ4v) is 5.35. The van der Waals surface area contributed by atoms with Crippen molar-refractivity contribution in [2.24, 2.45) is 0 Å². The lowest BCUT2D eigenvalue weighted by atomic mass is 10.2. The summed E-state index contributed by atoms with van der Waals surface area (Å²) in [6.07, 6.45) is 0. The Morgan fingerprint density at radius 2 is 1.35 bits per heavy atom. The molecule has 164 valence electrons. The summed E-state index contributed by atoms with van der Waals surface area (Å²) in [5, 5.41) is 10.1. The van der Waals surface area contributed by atoms with Crippen LogP contribution in [-0.4, -0.2) is 52.6 Å². The lowest BCUT2D eigenvalue weighted by Gasteiger charge is -2.28. The van der Waals surface area contributed by atoms with E-state index >= 15 is 0 Å². The molecular formula is C24H27BrN2O2S2. The van der Waals surface area contributed by atoms with Crippen LogP contribution in [0.5, 0.6) is 0 Å². The third kappa shape index (κ3) is 6.75. The van der Waals surface area contributed by atoms with Gasteiger partial charge in [0.25, 0.3) is 0 Å². The fraction of sp³-hybridized carbons (Fsp3) is 0.333. The molecule has 0 spiro atoms. The van der Waals surface area contributed by atoms with Gasteiger partial charge in [-0.3, -0.25) is 0 Å². The highest BCUT2D eigenvalue weighted by Gasteiger charge is 2.11. The van der Waals surface area contributed by atoms with Gasteiger partial charge in [0, 0.05) is 45.7 Å². The predicted octanol–water partition coefficient (Wildman–Crippen LogP) is 6.01. The summed E-state index contributed by atoms with van der Waals surface area (Å²) in [6, 6.07) is 17.3. The molecule has 0 atom stereocenters. The minimum atomic E-state index is 0.849. The number of nitrogens with one attached hydrogen (secondary N) is 1. The molecule has 2 fully saturated rings. The number of thiophene rings is 2. The fourth-order valence-electron chi connectivity index (χ4n) is 3.43. The Morgan fingerprint density at radius 3 is 1.97 bits per heavy atom. The molecule has 2 aliphatic heterocycles. The summed E-state index contributed by atoms with van der Waals surface area (Å²) in [7, 11) is 0. The molecule has 31 heavy (non-hydrogen) atoms. The van der Waals surface area contributed by atoms with Gasteiger partial charge in [-0.25, -0.2) is 0 Å². The lowest BCUT2D eigenvalue weighted by Crippen LogP contribution is -2.36. The van der Waals surface area contributed by atoms with Crippen molar-refractivity contribution < 1.29 is 9.47 Å². The van der Waals surface area contributed by atoms with Gasteiger partial charge >= 0.3 is 0 Å². The van der Waals surface area contributed by atoms with Gasteiger partial charge in [-0.2, -0.15) is 0 Å². The van der Waals surface area contributed by atoms with E-state index in [0.29, 0.717) is 0 Å². The maximum absolute atomic E-state index is 5.35. The first-order valence-corrected chi connectivity index (χ1v) is 13.1. The van der Waals surface area contributed by atoms with E-state index in [4.69, 9.17) is 9.47 Å². The van der Waals surface area contributed by atoms with E-state index in [0.717, 1.165) is 57.1 Å². The average molecular weight is 520 g/mol. The minimum absolute atomic E-state index is 0.849. The van der Waals surface area contributed by atoms with E-state index in [1.807, 2.05) is 0 Å². The summed E-state index contributed by atoms with van der Waals surface area (Å²) in [4.78, 5) is 2.39. The van der Waals surface area contributed by atoms with E-state index in [-0.39, 0.29) is 0 Å². The second kappa shape index (κ2) is 11.9. The van der Waals surface area contributed by atoms with E-state index < -0.39 is 0 Å². The van der Waals surface area contributed by atoms with Crippen LogP contribution in [-0.2, 0) is 9.47 Å². The van der Waals surface area contributed by atoms with Crippen molar-refractivity contribution in [3.63, 3.8) is 0 Å². The summed E-state index contributed by atoms with van der Waals surface area (Å²) < 4.78 is 14.2. The van der Waals surface area contributed by atoms with Crippen LogP contribution in [0.3, 0.4) is 0 Å². The Labute approximate surface area is 199 Å². The molecule has 4 aromatic rings. The molecule has 2 aliphatic rings. The van der Waals surface area contributed by atoms with Crippen molar-refractivity contribution in [2.75, 3.05) is 57.5 Å². The van der Waals surface area contributed by atoms with Crippen LogP contribution < -0.4 is 10.2 Å². The Bertz CT molecular complexity index is 1060. The molecular weight excluding hydrogens is 492 g/mol. The quantitative estimate of drug-likeness (QED) is 0.334. The van der Waals surface area contributed by atoms with Gasteiger partial charge in [0.15, 0.2) is 0 Å². The molecule has 0 bridgehead atoms. The maximum atomic E-state index is 5.35. The number of anilines is 1. The van der Waals surface area contributed by atoms with Crippen molar-refractivity contribution in [3.05, 3.63) is 63.8 Å². The highest BCUT2D eigenvalue weighted by molar-refractivity contribution is 9.10. The first-order chi connectivity index (χ1) is 15.3. The van der Waals surface area contributed by atoms with Crippen molar-refractivity contribution in [1.29, 1.82) is 0 Å². The van der Waals surface area contributed by atoms with Crippen LogP contribution in [0.4, 0.5) is 5.69 Å². The summed E-state index contributed by atoms with van der Waals surface area (Å²) >= 11 is 7.00. The van der Waals surface area contributed by atoms with E-state index in [1.54, 1.807) is 22.7 Å². The van der Waals surface area contributed by atoms with Crippen LogP contribution in [0, 0.1) is 0 Å². The molecule has 0 amide bonds. The van der Waals surface area contributed by atoms with Crippen LogP contribution in [0.1, 0.15) is 0 Å². The van der Waals surface area contributed by atoms with Gasteiger partial charge in [0.1, 0.15) is 0 Å². The molecule has 2 aromatic heterocycles. The van der Waals surface area contributed by atoms with Gasteiger partial charge < -0.3 is 19.7 Å². The second-order valence-electron chi connectivity index (χ2n) is 7.21. The zero-order valence-electron chi connectivity index (χ0n) is 17.4. The number of ether oxygens (including phenoxy) is 2. The maximum Gasteiger partial charge on any atom is 0.0642 e. The lowest BCUT2D eigenvalue weighted by molar-refractivity contribution is 0.109. The molecule has 6 rings (SSSR count). The van der Waals surface area contributed by atoms with Crippen molar-refractivity contribution in [2.45, 2.75) is 0 Å². The molecule has 4 heterocycles. The van der Waals surface area contributed by atoms with Crippen molar-refractivity contribution >= 4 is 64.5 Å². The van der Waals surface area contributed by atoms with Crippen LogP contribution in [0.2, 0.25) is 0 Å². The zero-order valence-corrected chi connectivity index (χ0v) is 20.6. The van der Waals surface area contributed by atoms with E-state index in [1.165, 1.54) is 25.9 Å². The first kappa shape index (κ1) is 22.7. The highest BCUT2D eigenvalue weighted by atomic mass is 79.9. The Morgan fingerprint density at radius 1 is 0.742 bits per heavy atom. The molecule has 0 unspecified atom stereocenters. The number of morpholine rings is 2. The number of hydrogen-bond acceptors (Lipinski definition) is 6. The van der Waals surface area contributed by atoms with Crippen LogP contribution in [0.25, 0.3) is 20.2 Å². The summed E-state index contributed by atoms with van der Waals surface area (Å²) in [5.41, 5.74) is 1.32. The molecule has 2 saturated heterocycles. The predicted molar refractivity (Wildman–Crippen MR) is 138 cm³/mol. The summed E-state index contributed by atoms with van der Waals surface area (Å²) in [5.74, 6) is 0. The average Bonchev–Trinajstić information content (AvgIpc) is 3.50. The van der Waals surface area contributed by atoms with Crippen molar-refractivity contribution in [1.82, 2.24) is 5.32 Å². The molecule has 0 aliphatic carbocycles. The van der Waals surface area contributed by atoms with Crippen LogP contribution >= 0.6 is 38.6 Å². The standard InChI is InChI=1S/C12H13NOS.C8H5BrS.C4H9NO/c1-2-12-10(3-8-15-12)9-11(1)13-4-6-14-7-5-13;9-7-1-2-8-6(5-7)3-4-10-8;1-3-6-4-2-5-1/h1-3,8-9H,4-7H2;1-5H;5H,1-4H2. The number of fused-ring (bicyclic) bond motifs is 2. The summed E-state index contributed by atoms with van der Waals surface area (Å²) in [6.45, 7) is 7.55. The highest BCUT2D eigenvalue weighted by Crippen LogP contribution is 2.26. The number of nitrogens with zero attached hydrogens (tertiary/aromatic N) is 1. The van der Waals surface area contributed by atoms with Gasteiger partial charge in [0.2, 0.25) is 0 Å². The smallest absolute Gasteiger partial charge is 0.0642 e. The monoisotopic (exact) mass is 518 g/mol. The molecule has 2 aromatic carbocycles. The molecule has 0 radical (unpaired) electrons. The van der Waals surface area contributed by atoms with E-state index in [2.05, 4.69) is 85.4 Å². The third-order valence-corrected chi connectivity index (χ3v) is 7.36.